The van der Waals surface area contributed by atoms with E-state index in [0.717, 1.165) is 19.0 Å². The molecule has 21 heavy (non-hydrogen) atoms. The van der Waals surface area contributed by atoms with Gasteiger partial charge < -0.3 is 5.32 Å². The number of nitrogens with one attached hydrogen (secondary N) is 1. The van der Waals surface area contributed by atoms with Crippen molar-refractivity contribution in [3.63, 3.8) is 0 Å². The van der Waals surface area contributed by atoms with Gasteiger partial charge in [-0.1, -0.05) is 13.0 Å². The highest BCUT2D eigenvalue weighted by atomic mass is 19.2. The average Bonchev–Trinajstić information content (AvgIpc) is 2.44. The zero-order valence-electron chi connectivity index (χ0n) is 11.5. The molecule has 0 aliphatic carbocycles. The van der Waals surface area contributed by atoms with E-state index in [2.05, 4.69) is 5.32 Å². The van der Waals surface area contributed by atoms with Crippen LogP contribution >= 0.6 is 0 Å². The summed E-state index contributed by atoms with van der Waals surface area (Å²) in [5.74, 6) is -3.72. The summed E-state index contributed by atoms with van der Waals surface area (Å²) < 4.78 is 53.6. The van der Waals surface area contributed by atoms with Crippen LogP contribution in [0.3, 0.4) is 0 Å². The van der Waals surface area contributed by atoms with E-state index in [1.807, 2.05) is 6.92 Å². The maximum Gasteiger partial charge on any atom is 0.161 e. The van der Waals surface area contributed by atoms with E-state index >= 15 is 0 Å². The SMILES string of the molecule is CCCNCc1cc(F)ccc1-c1cc(F)c(F)cc1F. The van der Waals surface area contributed by atoms with Gasteiger partial charge in [-0.15, -0.1) is 0 Å². The molecular weight excluding hydrogens is 282 g/mol. The number of hydrogen-bond donors (Lipinski definition) is 1. The van der Waals surface area contributed by atoms with E-state index in [1.54, 1.807) is 0 Å². The van der Waals surface area contributed by atoms with Gasteiger partial charge >= 0.3 is 0 Å². The van der Waals surface area contributed by atoms with Crippen molar-refractivity contribution in [3.05, 3.63) is 59.2 Å². The number of halogens is 4. The normalized spacial score (nSPS) is 10.9. The van der Waals surface area contributed by atoms with E-state index in [1.165, 1.54) is 18.2 Å². The molecule has 0 fully saturated rings. The fraction of sp³-hybridized carbons (Fsp3) is 0.250. The van der Waals surface area contributed by atoms with E-state index in [4.69, 9.17) is 0 Å². The molecule has 5 heteroatoms. The Morgan fingerprint density at radius 3 is 2.29 bits per heavy atom. The third kappa shape index (κ3) is 3.61. The smallest absolute Gasteiger partial charge is 0.161 e. The summed E-state index contributed by atoms with van der Waals surface area (Å²) in [5.41, 5.74) is 0.756. The predicted molar refractivity (Wildman–Crippen MR) is 73.7 cm³/mol. The third-order valence-electron chi connectivity index (χ3n) is 3.11. The Hall–Kier alpha value is -1.88. The second-order valence-corrected chi connectivity index (χ2v) is 4.72. The second-order valence-electron chi connectivity index (χ2n) is 4.72. The Morgan fingerprint density at radius 2 is 1.57 bits per heavy atom. The van der Waals surface area contributed by atoms with Crippen molar-refractivity contribution in [2.75, 3.05) is 6.54 Å². The molecular formula is C16H15F4N. The molecule has 0 amide bonds. The van der Waals surface area contributed by atoms with Gasteiger partial charge in [0.15, 0.2) is 11.6 Å². The molecule has 2 aromatic rings. The van der Waals surface area contributed by atoms with E-state index in [0.29, 0.717) is 23.7 Å². The van der Waals surface area contributed by atoms with Crippen molar-refractivity contribution >= 4 is 0 Å². The molecule has 0 aliphatic rings. The maximum atomic E-state index is 13.9. The molecule has 2 aromatic carbocycles. The molecule has 0 heterocycles. The summed E-state index contributed by atoms with van der Waals surface area (Å²) >= 11 is 0. The molecule has 112 valence electrons. The van der Waals surface area contributed by atoms with E-state index < -0.39 is 23.3 Å². The lowest BCUT2D eigenvalue weighted by Crippen LogP contribution is -2.14. The molecule has 2 rings (SSSR count). The first-order valence-electron chi connectivity index (χ1n) is 6.67. The summed E-state index contributed by atoms with van der Waals surface area (Å²) in [5, 5.41) is 3.08. The van der Waals surface area contributed by atoms with Crippen LogP contribution in [0.25, 0.3) is 11.1 Å². The first kappa shape index (κ1) is 15.5. The zero-order valence-corrected chi connectivity index (χ0v) is 11.5. The van der Waals surface area contributed by atoms with Gasteiger partial charge in [0.05, 0.1) is 0 Å². The van der Waals surface area contributed by atoms with Crippen LogP contribution in [0.5, 0.6) is 0 Å². The van der Waals surface area contributed by atoms with Crippen LogP contribution in [-0.2, 0) is 6.54 Å². The largest absolute Gasteiger partial charge is 0.313 e. The zero-order chi connectivity index (χ0) is 15.4. The summed E-state index contributed by atoms with van der Waals surface area (Å²) in [6.45, 7) is 3.02. The Bertz CT molecular complexity index is 640. The van der Waals surface area contributed by atoms with Crippen molar-refractivity contribution in [2.24, 2.45) is 0 Å². The topological polar surface area (TPSA) is 12.0 Å². The molecule has 0 saturated heterocycles. The molecule has 0 aliphatic heterocycles. The van der Waals surface area contributed by atoms with Crippen LogP contribution < -0.4 is 5.32 Å². The van der Waals surface area contributed by atoms with Crippen molar-refractivity contribution < 1.29 is 17.6 Å². The highest BCUT2D eigenvalue weighted by Crippen LogP contribution is 2.29. The van der Waals surface area contributed by atoms with Gasteiger partial charge in [0, 0.05) is 18.2 Å². The number of rotatable bonds is 5. The third-order valence-corrected chi connectivity index (χ3v) is 3.11. The van der Waals surface area contributed by atoms with Crippen molar-refractivity contribution in [1.82, 2.24) is 5.32 Å². The fourth-order valence-electron chi connectivity index (χ4n) is 2.10. The standard InChI is InChI=1S/C16H15F4N/c1-2-5-21-9-10-6-11(17)3-4-12(10)13-7-15(19)16(20)8-14(13)18/h3-4,6-8,21H,2,5,9H2,1H3. The molecule has 0 unspecified atom stereocenters. The molecule has 1 N–H and O–H groups in total. The summed E-state index contributed by atoms with van der Waals surface area (Å²) in [7, 11) is 0. The highest BCUT2D eigenvalue weighted by Gasteiger charge is 2.15. The van der Waals surface area contributed by atoms with Crippen LogP contribution in [-0.4, -0.2) is 6.54 Å². The summed E-state index contributed by atoms with van der Waals surface area (Å²) in [4.78, 5) is 0. The van der Waals surface area contributed by atoms with Crippen LogP contribution in [0.4, 0.5) is 17.6 Å². The Kier molecular flexibility index (Phi) is 4.96. The van der Waals surface area contributed by atoms with Crippen LogP contribution in [0, 0.1) is 23.3 Å². The molecule has 0 saturated carbocycles. The summed E-state index contributed by atoms with van der Waals surface area (Å²) in [6.07, 6.45) is 0.893. The number of benzene rings is 2. The van der Waals surface area contributed by atoms with Gasteiger partial charge in [-0.2, -0.15) is 0 Å². The summed E-state index contributed by atoms with van der Waals surface area (Å²) in [6, 6.07) is 5.09. The Morgan fingerprint density at radius 1 is 0.857 bits per heavy atom. The van der Waals surface area contributed by atoms with Gasteiger partial charge in [-0.25, -0.2) is 17.6 Å². The first-order chi connectivity index (χ1) is 10.0. The van der Waals surface area contributed by atoms with Crippen LogP contribution in [0.15, 0.2) is 30.3 Å². The Labute approximate surface area is 120 Å². The Balaban J connectivity index is 2.45. The lowest BCUT2D eigenvalue weighted by molar-refractivity contribution is 0.496. The minimum absolute atomic E-state index is 0.0813. The van der Waals surface area contributed by atoms with Crippen molar-refractivity contribution in [1.29, 1.82) is 0 Å². The fourth-order valence-corrected chi connectivity index (χ4v) is 2.10. The first-order valence-corrected chi connectivity index (χ1v) is 6.67. The predicted octanol–water partition coefficient (Wildman–Crippen LogP) is 4.41. The average molecular weight is 297 g/mol. The quantitative estimate of drug-likeness (QED) is 0.490. The van der Waals surface area contributed by atoms with Crippen LogP contribution in [0.2, 0.25) is 0 Å². The number of hydrogen-bond acceptors (Lipinski definition) is 1. The molecule has 1 nitrogen and oxygen atoms in total. The molecule has 0 spiro atoms. The monoisotopic (exact) mass is 297 g/mol. The van der Waals surface area contributed by atoms with E-state index in [-0.39, 0.29) is 5.56 Å². The van der Waals surface area contributed by atoms with Gasteiger partial charge in [0.1, 0.15) is 11.6 Å². The van der Waals surface area contributed by atoms with Crippen LogP contribution in [0.1, 0.15) is 18.9 Å². The minimum Gasteiger partial charge on any atom is -0.313 e. The molecule has 0 bridgehead atoms. The lowest BCUT2D eigenvalue weighted by Gasteiger charge is -2.12. The van der Waals surface area contributed by atoms with Gasteiger partial charge in [-0.3, -0.25) is 0 Å². The molecule has 0 radical (unpaired) electrons. The maximum absolute atomic E-state index is 13.9. The molecule has 0 atom stereocenters. The highest BCUT2D eigenvalue weighted by molar-refractivity contribution is 5.68. The second kappa shape index (κ2) is 6.72. The van der Waals surface area contributed by atoms with Crippen molar-refractivity contribution in [2.45, 2.75) is 19.9 Å². The molecule has 0 aromatic heterocycles. The van der Waals surface area contributed by atoms with E-state index in [9.17, 15) is 17.6 Å². The lowest BCUT2D eigenvalue weighted by atomic mass is 9.98. The van der Waals surface area contributed by atoms with Gasteiger partial charge in [0.2, 0.25) is 0 Å². The van der Waals surface area contributed by atoms with Gasteiger partial charge in [-0.05, 0) is 42.3 Å². The van der Waals surface area contributed by atoms with Crippen molar-refractivity contribution in [3.8, 4) is 11.1 Å². The van der Waals surface area contributed by atoms with Gasteiger partial charge in [0.25, 0.3) is 0 Å². The minimum atomic E-state index is -1.25.